The van der Waals surface area contributed by atoms with E-state index in [2.05, 4.69) is 13.8 Å². The second-order valence-electron chi connectivity index (χ2n) is 13.7. The molecule has 2 aromatic rings. The van der Waals surface area contributed by atoms with Crippen LogP contribution >= 0.6 is 0 Å². The van der Waals surface area contributed by atoms with Crippen LogP contribution in [0.4, 0.5) is 0 Å². The summed E-state index contributed by atoms with van der Waals surface area (Å²) in [6, 6.07) is 11.7. The van der Waals surface area contributed by atoms with Crippen LogP contribution in [0.1, 0.15) is 171 Å². The molecule has 1 aliphatic rings. The minimum atomic E-state index is -0.0534. The maximum atomic E-state index is 13.3. The van der Waals surface area contributed by atoms with E-state index in [9.17, 15) is 14.4 Å². The molecule has 0 heterocycles. The first-order valence-electron chi connectivity index (χ1n) is 19.9. The Kier molecular flexibility index (Phi) is 21.0. The lowest BCUT2D eigenvalue weighted by molar-refractivity contribution is -0.144. The highest BCUT2D eigenvalue weighted by Gasteiger charge is 2.27. The van der Waals surface area contributed by atoms with Crippen molar-refractivity contribution in [2.45, 2.75) is 155 Å². The molecule has 7 heteroatoms. The van der Waals surface area contributed by atoms with E-state index in [1.54, 1.807) is 0 Å². The predicted octanol–water partition coefficient (Wildman–Crippen LogP) is 11.4. The van der Waals surface area contributed by atoms with Crippen LogP contribution < -0.4 is 9.47 Å². The van der Waals surface area contributed by atoms with Crippen LogP contribution in [0.15, 0.2) is 36.4 Å². The largest absolute Gasteiger partial charge is 0.494 e. The molecule has 0 spiro atoms. The molecule has 1 aliphatic carbocycles. The van der Waals surface area contributed by atoms with Gasteiger partial charge in [0.15, 0.2) is 5.78 Å². The Morgan fingerprint density at radius 3 is 1.18 bits per heavy atom. The van der Waals surface area contributed by atoms with Crippen LogP contribution in [0.2, 0.25) is 0 Å². The third-order valence-electron chi connectivity index (χ3n) is 9.37. The highest BCUT2D eigenvalue weighted by molar-refractivity contribution is 6.22. The number of hydrogen-bond donors (Lipinski definition) is 0. The fourth-order valence-corrected chi connectivity index (χ4v) is 6.27. The van der Waals surface area contributed by atoms with Gasteiger partial charge in [-0.25, -0.2) is 0 Å². The molecule has 2 aromatic carbocycles. The quantitative estimate of drug-likeness (QED) is 0.0507. The minimum Gasteiger partial charge on any atom is -0.494 e. The zero-order valence-corrected chi connectivity index (χ0v) is 31.2. The van der Waals surface area contributed by atoms with Gasteiger partial charge in [-0.05, 0) is 86.1 Å². The van der Waals surface area contributed by atoms with Crippen molar-refractivity contribution in [1.82, 2.24) is 0 Å². The molecule has 7 nitrogen and oxygen atoms in total. The fourth-order valence-electron chi connectivity index (χ4n) is 6.27. The van der Waals surface area contributed by atoms with Crippen LogP contribution in [0.25, 0.3) is 11.1 Å². The average molecular weight is 693 g/mol. The minimum absolute atomic E-state index is 0.0349. The molecule has 0 atom stereocenters. The van der Waals surface area contributed by atoms with E-state index in [1.807, 2.05) is 36.4 Å². The molecule has 0 bridgehead atoms. The Morgan fingerprint density at radius 2 is 0.800 bits per heavy atom. The second-order valence-corrected chi connectivity index (χ2v) is 13.7. The van der Waals surface area contributed by atoms with Crippen LogP contribution in [0, 0.1) is 0 Å². The first-order chi connectivity index (χ1) is 24.5. The Labute approximate surface area is 302 Å². The number of carbonyl (C=O) groups excluding carboxylic acids is 3. The number of carbonyl (C=O) groups is 3. The van der Waals surface area contributed by atoms with E-state index >= 15 is 0 Å². The predicted molar refractivity (Wildman–Crippen MR) is 201 cm³/mol. The van der Waals surface area contributed by atoms with Crippen molar-refractivity contribution in [3.8, 4) is 22.6 Å². The molecule has 0 aromatic heterocycles. The number of rotatable bonds is 30. The van der Waals surface area contributed by atoms with E-state index in [-0.39, 0.29) is 17.7 Å². The van der Waals surface area contributed by atoms with E-state index in [1.165, 1.54) is 51.4 Å². The van der Waals surface area contributed by atoms with Gasteiger partial charge in [-0.15, -0.1) is 0 Å². The molecule has 0 aliphatic heterocycles. The molecule has 278 valence electrons. The molecule has 0 radical (unpaired) electrons. The van der Waals surface area contributed by atoms with Gasteiger partial charge >= 0.3 is 11.9 Å². The highest BCUT2D eigenvalue weighted by Crippen LogP contribution is 2.40. The van der Waals surface area contributed by atoms with Gasteiger partial charge < -0.3 is 18.9 Å². The zero-order chi connectivity index (χ0) is 35.7. The summed E-state index contributed by atoms with van der Waals surface area (Å²) in [7, 11) is 0. The van der Waals surface area contributed by atoms with Gasteiger partial charge in [-0.3, -0.25) is 14.4 Å². The number of ketones is 1. The van der Waals surface area contributed by atoms with Crippen molar-refractivity contribution in [1.29, 1.82) is 0 Å². The molecule has 50 heavy (non-hydrogen) atoms. The molecule has 0 N–H and O–H groups in total. The summed E-state index contributed by atoms with van der Waals surface area (Å²) in [5.74, 6) is 1.42. The number of unbranched alkanes of at least 4 members (excludes halogenated alkanes) is 16. The van der Waals surface area contributed by atoms with E-state index < -0.39 is 0 Å². The Balaban J connectivity index is 1.21. The SMILES string of the molecule is CCCCOC(=O)CCCCCCCCCCOc1ccc2c(c1)C(=O)c1cc(OCCCCCCCCCCC(=O)OCCCC)ccc1-2. The first kappa shape index (κ1) is 41.1. The van der Waals surface area contributed by atoms with Gasteiger partial charge in [0.25, 0.3) is 0 Å². The second kappa shape index (κ2) is 25.6. The summed E-state index contributed by atoms with van der Waals surface area (Å²) in [6.45, 7) is 6.60. The fraction of sp³-hybridized carbons (Fsp3) is 0.651. The molecule has 0 amide bonds. The number of esters is 2. The smallest absolute Gasteiger partial charge is 0.305 e. The maximum absolute atomic E-state index is 13.3. The van der Waals surface area contributed by atoms with E-state index in [0.29, 0.717) is 50.4 Å². The number of fused-ring (bicyclic) bond motifs is 3. The van der Waals surface area contributed by atoms with Gasteiger partial charge in [0, 0.05) is 24.0 Å². The third-order valence-corrected chi connectivity index (χ3v) is 9.37. The van der Waals surface area contributed by atoms with Gasteiger partial charge in [-0.1, -0.05) is 104 Å². The molecule has 3 rings (SSSR count). The summed E-state index contributed by atoms with van der Waals surface area (Å²) in [4.78, 5) is 36.6. The summed E-state index contributed by atoms with van der Waals surface area (Å²) in [5, 5.41) is 0. The summed E-state index contributed by atoms with van der Waals surface area (Å²) < 4.78 is 22.5. The van der Waals surface area contributed by atoms with Crippen molar-refractivity contribution in [3.63, 3.8) is 0 Å². The Hall–Kier alpha value is -3.35. The first-order valence-corrected chi connectivity index (χ1v) is 19.9. The van der Waals surface area contributed by atoms with Crippen molar-refractivity contribution in [2.75, 3.05) is 26.4 Å². The van der Waals surface area contributed by atoms with Crippen LogP contribution in [0.5, 0.6) is 11.5 Å². The lowest BCUT2D eigenvalue weighted by atomic mass is 10.1. The van der Waals surface area contributed by atoms with E-state index in [4.69, 9.17) is 18.9 Å². The standard InChI is InChI=1S/C43H64O7/c1-3-5-29-49-41(44)23-19-15-11-7-9-13-17-21-31-47-35-25-27-37-38-28-26-36(34-40(38)43(46)39(37)33-35)48-32-22-18-14-10-8-12-16-20-24-42(45)50-30-6-4-2/h25-28,33-34H,3-24,29-32H2,1-2H3. The van der Waals surface area contributed by atoms with Gasteiger partial charge in [0.2, 0.25) is 0 Å². The monoisotopic (exact) mass is 692 g/mol. The van der Waals surface area contributed by atoms with Crippen LogP contribution in [-0.2, 0) is 19.1 Å². The van der Waals surface area contributed by atoms with Gasteiger partial charge in [-0.2, -0.15) is 0 Å². The summed E-state index contributed by atoms with van der Waals surface area (Å²) in [6.07, 6.45) is 22.9. The maximum Gasteiger partial charge on any atom is 0.305 e. The summed E-state index contributed by atoms with van der Waals surface area (Å²) in [5.41, 5.74) is 3.33. The van der Waals surface area contributed by atoms with Crippen molar-refractivity contribution in [3.05, 3.63) is 47.5 Å². The Morgan fingerprint density at radius 1 is 0.440 bits per heavy atom. The van der Waals surface area contributed by atoms with Gasteiger partial charge in [0.05, 0.1) is 26.4 Å². The number of benzene rings is 2. The molecule has 0 fully saturated rings. The topological polar surface area (TPSA) is 88.1 Å². The molecule has 0 saturated heterocycles. The zero-order valence-electron chi connectivity index (χ0n) is 31.2. The Bertz CT molecular complexity index is 1170. The number of hydrogen-bond acceptors (Lipinski definition) is 7. The lowest BCUT2D eigenvalue weighted by Crippen LogP contribution is -2.05. The van der Waals surface area contributed by atoms with Crippen molar-refractivity contribution in [2.24, 2.45) is 0 Å². The molecule has 0 unspecified atom stereocenters. The normalized spacial score (nSPS) is 11.7. The summed E-state index contributed by atoms with van der Waals surface area (Å²) >= 11 is 0. The average Bonchev–Trinajstić information content (AvgIpc) is 3.39. The van der Waals surface area contributed by atoms with Crippen LogP contribution in [-0.4, -0.2) is 44.1 Å². The molecular formula is C43H64O7. The molecule has 0 saturated carbocycles. The highest BCUT2D eigenvalue weighted by atomic mass is 16.5. The van der Waals surface area contributed by atoms with Crippen molar-refractivity contribution < 1.29 is 33.3 Å². The van der Waals surface area contributed by atoms with E-state index in [0.717, 1.165) is 99.7 Å². The lowest BCUT2D eigenvalue weighted by Gasteiger charge is -2.08. The molecular weight excluding hydrogens is 628 g/mol. The third kappa shape index (κ3) is 16.1. The van der Waals surface area contributed by atoms with Crippen molar-refractivity contribution >= 4 is 17.7 Å². The van der Waals surface area contributed by atoms with Gasteiger partial charge in [0.1, 0.15) is 11.5 Å². The number of ether oxygens (including phenoxy) is 4. The van der Waals surface area contributed by atoms with Crippen LogP contribution in [0.3, 0.4) is 0 Å².